The number of halogens is 1. The smallest absolute Gasteiger partial charge is 0.122 e. The molecule has 0 atom stereocenters. The second-order valence-electron chi connectivity index (χ2n) is 4.97. The van der Waals surface area contributed by atoms with Crippen LogP contribution in [0.1, 0.15) is 16.0 Å². The Morgan fingerprint density at radius 3 is 2.26 bits per heavy atom. The molecule has 120 valence electrons. The predicted octanol–water partition coefficient (Wildman–Crippen LogP) is 4.43. The summed E-state index contributed by atoms with van der Waals surface area (Å²) >= 11 is 1.71. The van der Waals surface area contributed by atoms with Crippen LogP contribution in [0, 0.1) is 0 Å². The third kappa shape index (κ3) is 5.67. The van der Waals surface area contributed by atoms with Crippen molar-refractivity contribution in [2.75, 3.05) is 0 Å². The van der Waals surface area contributed by atoms with Gasteiger partial charge in [0, 0.05) is 30.4 Å². The summed E-state index contributed by atoms with van der Waals surface area (Å²) in [6.07, 6.45) is 3.63. The Morgan fingerprint density at radius 1 is 0.913 bits per heavy atom. The summed E-state index contributed by atoms with van der Waals surface area (Å²) in [4.78, 5) is 5.26. The van der Waals surface area contributed by atoms with Crippen molar-refractivity contribution in [1.29, 1.82) is 0 Å². The fraction of sp³-hybridized carbons (Fsp3) is 0.167. The summed E-state index contributed by atoms with van der Waals surface area (Å²) in [6, 6.07) is 16.4. The molecule has 3 nitrogen and oxygen atoms in total. The maximum absolute atomic E-state index is 5.76. The molecule has 2 aromatic heterocycles. The monoisotopic (exact) mass is 346 g/mol. The van der Waals surface area contributed by atoms with Crippen LogP contribution in [0.5, 0.6) is 5.75 Å². The van der Waals surface area contributed by atoms with Crippen LogP contribution in [-0.2, 0) is 19.7 Å². The number of hydrogen-bond acceptors (Lipinski definition) is 4. The highest BCUT2D eigenvalue weighted by atomic mass is 35.5. The first-order chi connectivity index (χ1) is 10.9. The molecule has 0 spiro atoms. The van der Waals surface area contributed by atoms with Gasteiger partial charge >= 0.3 is 0 Å². The second kappa shape index (κ2) is 9.30. The lowest BCUT2D eigenvalue weighted by Crippen LogP contribution is -2.12. The number of nitrogens with one attached hydrogen (secondary N) is 1. The van der Waals surface area contributed by atoms with Crippen molar-refractivity contribution in [3.05, 3.63) is 82.3 Å². The molecule has 5 heteroatoms. The van der Waals surface area contributed by atoms with Gasteiger partial charge in [-0.1, -0.05) is 18.2 Å². The summed E-state index contributed by atoms with van der Waals surface area (Å²) in [6.45, 7) is 2.32. The van der Waals surface area contributed by atoms with Crippen molar-refractivity contribution in [1.82, 2.24) is 10.3 Å². The van der Waals surface area contributed by atoms with Crippen molar-refractivity contribution >= 4 is 23.7 Å². The quantitative estimate of drug-likeness (QED) is 0.687. The molecular formula is C18H19ClN2OS. The Morgan fingerprint density at radius 2 is 1.61 bits per heavy atom. The van der Waals surface area contributed by atoms with E-state index in [0.29, 0.717) is 6.61 Å². The van der Waals surface area contributed by atoms with Crippen molar-refractivity contribution in [2.24, 2.45) is 0 Å². The van der Waals surface area contributed by atoms with E-state index in [1.165, 1.54) is 16.0 Å². The lowest BCUT2D eigenvalue weighted by Gasteiger charge is -2.07. The van der Waals surface area contributed by atoms with Gasteiger partial charge < -0.3 is 10.1 Å². The molecule has 3 aromatic rings. The molecule has 0 bridgehead atoms. The molecule has 0 aliphatic rings. The third-order valence-electron chi connectivity index (χ3n) is 3.29. The van der Waals surface area contributed by atoms with Gasteiger partial charge in [-0.15, -0.1) is 23.7 Å². The lowest BCUT2D eigenvalue weighted by molar-refractivity contribution is 0.309. The summed E-state index contributed by atoms with van der Waals surface area (Å²) in [7, 11) is 0. The zero-order chi connectivity index (χ0) is 15.0. The van der Waals surface area contributed by atoms with Crippen LogP contribution in [0.2, 0.25) is 0 Å². The minimum absolute atomic E-state index is 0. The number of ether oxygens (including phenoxy) is 1. The highest BCUT2D eigenvalue weighted by Crippen LogP contribution is 2.16. The molecule has 0 radical (unpaired) electrons. The van der Waals surface area contributed by atoms with E-state index in [2.05, 4.69) is 33.9 Å². The number of aromatic nitrogens is 1. The van der Waals surface area contributed by atoms with Gasteiger partial charge in [-0.25, -0.2) is 0 Å². The summed E-state index contributed by atoms with van der Waals surface area (Å²) < 4.78 is 5.76. The van der Waals surface area contributed by atoms with Gasteiger partial charge in [-0.3, -0.25) is 4.98 Å². The molecule has 0 aliphatic heterocycles. The molecule has 2 heterocycles. The second-order valence-corrected chi connectivity index (χ2v) is 6.00. The van der Waals surface area contributed by atoms with Gasteiger partial charge in [0.05, 0.1) is 0 Å². The van der Waals surface area contributed by atoms with Gasteiger partial charge in [0.15, 0.2) is 0 Å². The molecular weight excluding hydrogens is 328 g/mol. The van der Waals surface area contributed by atoms with Crippen LogP contribution in [0.15, 0.2) is 66.3 Å². The van der Waals surface area contributed by atoms with E-state index in [1.54, 1.807) is 11.3 Å². The Balaban J connectivity index is 0.00000192. The molecule has 0 saturated heterocycles. The SMILES string of the molecule is Cl.c1csc(COc2ccc(CNCc3ccncc3)cc2)c1. The maximum atomic E-state index is 5.76. The zero-order valence-corrected chi connectivity index (χ0v) is 14.3. The van der Waals surface area contributed by atoms with E-state index in [1.807, 2.05) is 42.7 Å². The summed E-state index contributed by atoms with van der Waals surface area (Å²) in [5, 5.41) is 5.49. The first-order valence-corrected chi connectivity index (χ1v) is 8.12. The van der Waals surface area contributed by atoms with Gasteiger partial charge in [-0.05, 0) is 46.8 Å². The van der Waals surface area contributed by atoms with Crippen molar-refractivity contribution in [3.63, 3.8) is 0 Å². The summed E-state index contributed by atoms with van der Waals surface area (Å²) in [5.41, 5.74) is 2.49. The Kier molecular flexibility index (Phi) is 7.07. The Bertz CT molecular complexity index is 672. The van der Waals surface area contributed by atoms with E-state index >= 15 is 0 Å². The fourth-order valence-electron chi connectivity index (χ4n) is 2.10. The maximum Gasteiger partial charge on any atom is 0.122 e. The first-order valence-electron chi connectivity index (χ1n) is 7.24. The molecule has 0 amide bonds. The predicted molar refractivity (Wildman–Crippen MR) is 97.1 cm³/mol. The first kappa shape index (κ1) is 17.5. The van der Waals surface area contributed by atoms with E-state index in [-0.39, 0.29) is 12.4 Å². The van der Waals surface area contributed by atoms with E-state index in [4.69, 9.17) is 4.74 Å². The average Bonchev–Trinajstić information content (AvgIpc) is 3.09. The molecule has 0 unspecified atom stereocenters. The van der Waals surface area contributed by atoms with Crippen LogP contribution in [0.25, 0.3) is 0 Å². The fourth-order valence-corrected chi connectivity index (χ4v) is 2.72. The molecule has 0 aliphatic carbocycles. The zero-order valence-electron chi connectivity index (χ0n) is 12.6. The Labute approximate surface area is 146 Å². The van der Waals surface area contributed by atoms with Crippen molar-refractivity contribution in [2.45, 2.75) is 19.7 Å². The minimum Gasteiger partial charge on any atom is -0.488 e. The molecule has 1 aromatic carbocycles. The molecule has 23 heavy (non-hydrogen) atoms. The topological polar surface area (TPSA) is 34.1 Å². The summed E-state index contributed by atoms with van der Waals surface area (Å²) in [5.74, 6) is 0.909. The highest BCUT2D eigenvalue weighted by molar-refractivity contribution is 7.09. The van der Waals surface area contributed by atoms with Crippen LogP contribution in [0.4, 0.5) is 0 Å². The standard InChI is InChI=1S/C18H18N2OS.ClH/c1-2-18(22-11-1)14-21-17-5-3-15(4-6-17)12-20-13-16-7-9-19-10-8-16;/h1-11,20H,12-14H2;1H. The van der Waals surface area contributed by atoms with Crippen LogP contribution in [-0.4, -0.2) is 4.98 Å². The molecule has 0 saturated carbocycles. The largest absolute Gasteiger partial charge is 0.488 e. The molecule has 1 N–H and O–H groups in total. The van der Waals surface area contributed by atoms with Crippen molar-refractivity contribution in [3.8, 4) is 5.75 Å². The average molecular weight is 347 g/mol. The van der Waals surface area contributed by atoms with E-state index < -0.39 is 0 Å². The minimum atomic E-state index is 0. The van der Waals surface area contributed by atoms with Gasteiger partial charge in [0.25, 0.3) is 0 Å². The van der Waals surface area contributed by atoms with Gasteiger partial charge in [-0.2, -0.15) is 0 Å². The van der Waals surface area contributed by atoms with Crippen LogP contribution < -0.4 is 10.1 Å². The molecule has 0 fully saturated rings. The number of rotatable bonds is 7. The van der Waals surface area contributed by atoms with Crippen LogP contribution in [0.3, 0.4) is 0 Å². The van der Waals surface area contributed by atoms with Crippen molar-refractivity contribution < 1.29 is 4.74 Å². The Hall–Kier alpha value is -1.88. The third-order valence-corrected chi connectivity index (χ3v) is 4.14. The normalized spacial score (nSPS) is 10.1. The van der Waals surface area contributed by atoms with Crippen LogP contribution >= 0.6 is 23.7 Å². The number of hydrogen-bond donors (Lipinski definition) is 1. The van der Waals surface area contributed by atoms with E-state index in [9.17, 15) is 0 Å². The van der Waals surface area contributed by atoms with E-state index in [0.717, 1.165) is 18.8 Å². The molecule has 3 rings (SSSR count). The van der Waals surface area contributed by atoms with Gasteiger partial charge in [0.2, 0.25) is 0 Å². The number of nitrogens with zero attached hydrogens (tertiary/aromatic N) is 1. The highest BCUT2D eigenvalue weighted by Gasteiger charge is 1.98. The number of pyridine rings is 1. The number of thiophene rings is 1. The number of benzene rings is 1. The lowest BCUT2D eigenvalue weighted by atomic mass is 10.2. The van der Waals surface area contributed by atoms with Gasteiger partial charge in [0.1, 0.15) is 12.4 Å².